The van der Waals surface area contributed by atoms with E-state index in [0.717, 1.165) is 6.07 Å². The van der Waals surface area contributed by atoms with Gasteiger partial charge in [0.1, 0.15) is 5.75 Å². The zero-order valence-electron chi connectivity index (χ0n) is 11.9. The fourth-order valence-corrected chi connectivity index (χ4v) is 2.02. The minimum atomic E-state index is -1.60. The highest BCUT2D eigenvalue weighted by Gasteiger charge is 2.23. The molecule has 2 aromatic carbocycles. The smallest absolute Gasteiger partial charge is 0.204 e. The van der Waals surface area contributed by atoms with Gasteiger partial charge in [-0.15, -0.1) is 0 Å². The highest BCUT2D eigenvalue weighted by atomic mass is 19.2. The fraction of sp³-hybridized carbons (Fsp3) is 0.333. The molecule has 0 saturated heterocycles. The molecule has 0 bridgehead atoms. The van der Waals surface area contributed by atoms with Gasteiger partial charge in [-0.3, -0.25) is 0 Å². The van der Waals surface area contributed by atoms with Crippen LogP contribution in [0.15, 0.2) is 12.1 Å². The van der Waals surface area contributed by atoms with Crippen molar-refractivity contribution in [3.8, 4) is 11.5 Å². The van der Waals surface area contributed by atoms with Gasteiger partial charge in [-0.1, -0.05) is 20.8 Å². The summed E-state index contributed by atoms with van der Waals surface area (Å²) >= 11 is 0. The van der Waals surface area contributed by atoms with Crippen LogP contribution >= 0.6 is 0 Å². The minimum Gasteiger partial charge on any atom is -0.508 e. The molecule has 5 heteroatoms. The second-order valence-electron chi connectivity index (χ2n) is 3.86. The minimum absolute atomic E-state index is 0.147. The number of methoxy groups -OCH3 is 1. The van der Waals surface area contributed by atoms with Crippen LogP contribution in [0.3, 0.4) is 0 Å². The third-order valence-corrected chi connectivity index (χ3v) is 2.84. The van der Waals surface area contributed by atoms with Gasteiger partial charge in [-0.05, 0) is 24.1 Å². The molecule has 0 aliphatic carbocycles. The lowest BCUT2D eigenvalue weighted by Crippen LogP contribution is -2.00. The number of hydrogen-bond acceptors (Lipinski definition) is 2. The zero-order chi connectivity index (χ0) is 15.4. The van der Waals surface area contributed by atoms with E-state index in [4.69, 9.17) is 4.74 Å². The maximum absolute atomic E-state index is 13.7. The van der Waals surface area contributed by atoms with Crippen molar-refractivity contribution in [3.05, 3.63) is 35.1 Å². The molecule has 2 nitrogen and oxygen atoms in total. The van der Waals surface area contributed by atoms with E-state index >= 15 is 0 Å². The lowest BCUT2D eigenvalue weighted by Gasteiger charge is -2.13. The number of hydrogen-bond donors (Lipinski definition) is 1. The Hall–Kier alpha value is -1.91. The van der Waals surface area contributed by atoms with Crippen molar-refractivity contribution in [2.24, 2.45) is 0 Å². The Kier molecular flexibility index (Phi) is 5.25. The van der Waals surface area contributed by atoms with Crippen LogP contribution in [0, 0.1) is 17.5 Å². The van der Waals surface area contributed by atoms with E-state index < -0.39 is 17.5 Å². The Morgan fingerprint density at radius 1 is 1.05 bits per heavy atom. The summed E-state index contributed by atoms with van der Waals surface area (Å²) in [6.07, 6.45) is 0.422. The fourth-order valence-electron chi connectivity index (χ4n) is 2.02. The number of fused-ring (bicyclic) bond motifs is 1. The summed E-state index contributed by atoms with van der Waals surface area (Å²) in [5.74, 6) is -4.84. The molecule has 20 heavy (non-hydrogen) atoms. The van der Waals surface area contributed by atoms with Gasteiger partial charge in [0, 0.05) is 10.8 Å². The molecular formula is C15H17F3O2. The van der Waals surface area contributed by atoms with E-state index in [1.165, 1.54) is 13.2 Å². The maximum Gasteiger partial charge on any atom is 0.204 e. The average molecular weight is 286 g/mol. The monoisotopic (exact) mass is 286 g/mol. The van der Waals surface area contributed by atoms with Gasteiger partial charge in [0.05, 0.1) is 7.11 Å². The van der Waals surface area contributed by atoms with Crippen molar-refractivity contribution in [2.75, 3.05) is 7.11 Å². The zero-order valence-corrected chi connectivity index (χ0v) is 11.9. The molecule has 0 radical (unpaired) electrons. The van der Waals surface area contributed by atoms with Crippen LogP contribution in [0.2, 0.25) is 0 Å². The standard InChI is InChI=1S/C13H11F3O2.C2H6/c1-3-6-4-7(17)5-8-9(6)13(18-2)12(16)11(15)10(8)14;1-2/h4-5,17H,3H2,1-2H3;1-2H3. The molecule has 0 unspecified atom stereocenters. The summed E-state index contributed by atoms with van der Waals surface area (Å²) in [4.78, 5) is 0. The second-order valence-corrected chi connectivity index (χ2v) is 3.86. The molecule has 2 aromatic rings. The van der Waals surface area contributed by atoms with Crippen LogP contribution in [-0.2, 0) is 6.42 Å². The molecule has 0 atom stereocenters. The van der Waals surface area contributed by atoms with E-state index in [0.29, 0.717) is 12.0 Å². The van der Waals surface area contributed by atoms with E-state index in [9.17, 15) is 18.3 Å². The number of ether oxygens (including phenoxy) is 1. The summed E-state index contributed by atoms with van der Waals surface area (Å²) in [5, 5.41) is 9.42. The third-order valence-electron chi connectivity index (χ3n) is 2.84. The molecule has 110 valence electrons. The number of aryl methyl sites for hydroxylation is 1. The molecule has 0 amide bonds. The van der Waals surface area contributed by atoms with Crippen molar-refractivity contribution in [1.29, 1.82) is 0 Å². The van der Waals surface area contributed by atoms with Gasteiger partial charge >= 0.3 is 0 Å². The van der Waals surface area contributed by atoms with Gasteiger partial charge < -0.3 is 9.84 Å². The van der Waals surface area contributed by atoms with E-state index in [1.54, 1.807) is 6.92 Å². The summed E-state index contributed by atoms with van der Waals surface area (Å²) in [6.45, 7) is 5.76. The maximum atomic E-state index is 13.7. The largest absolute Gasteiger partial charge is 0.508 e. The Morgan fingerprint density at radius 2 is 1.65 bits per heavy atom. The van der Waals surface area contributed by atoms with E-state index in [-0.39, 0.29) is 22.3 Å². The highest BCUT2D eigenvalue weighted by Crippen LogP contribution is 2.37. The lowest BCUT2D eigenvalue weighted by atomic mass is 10.00. The Balaban J connectivity index is 0.000000956. The van der Waals surface area contributed by atoms with Crippen LogP contribution in [0.5, 0.6) is 11.5 Å². The topological polar surface area (TPSA) is 29.5 Å². The van der Waals surface area contributed by atoms with Crippen molar-refractivity contribution in [1.82, 2.24) is 0 Å². The molecular weight excluding hydrogens is 269 g/mol. The van der Waals surface area contributed by atoms with E-state index in [1.807, 2.05) is 13.8 Å². The van der Waals surface area contributed by atoms with Crippen molar-refractivity contribution < 1.29 is 23.0 Å². The Bertz CT molecular complexity index is 625. The molecule has 0 spiro atoms. The first kappa shape index (κ1) is 16.1. The SMILES string of the molecule is CC.CCc1cc(O)cc2c(F)c(F)c(F)c(OC)c12. The first-order valence-corrected chi connectivity index (χ1v) is 6.37. The normalized spacial score (nSPS) is 10.2. The number of benzene rings is 2. The van der Waals surface area contributed by atoms with E-state index in [2.05, 4.69) is 0 Å². The molecule has 0 heterocycles. The summed E-state index contributed by atoms with van der Waals surface area (Å²) in [5.41, 5.74) is 0.486. The predicted octanol–water partition coefficient (Wildman–Crippen LogP) is 4.56. The van der Waals surface area contributed by atoms with Crippen molar-refractivity contribution >= 4 is 10.8 Å². The predicted molar refractivity (Wildman–Crippen MR) is 72.8 cm³/mol. The summed E-state index contributed by atoms with van der Waals surface area (Å²) < 4.78 is 45.5. The van der Waals surface area contributed by atoms with Crippen LogP contribution in [0.1, 0.15) is 26.3 Å². The Morgan fingerprint density at radius 3 is 2.15 bits per heavy atom. The van der Waals surface area contributed by atoms with Gasteiger partial charge in [0.15, 0.2) is 17.4 Å². The van der Waals surface area contributed by atoms with Crippen LogP contribution in [0.25, 0.3) is 10.8 Å². The van der Waals surface area contributed by atoms with Crippen molar-refractivity contribution in [3.63, 3.8) is 0 Å². The second kappa shape index (κ2) is 6.50. The first-order valence-electron chi connectivity index (χ1n) is 6.37. The van der Waals surface area contributed by atoms with Crippen LogP contribution in [-0.4, -0.2) is 12.2 Å². The number of phenolic OH excluding ortho intramolecular Hbond substituents is 1. The number of aromatic hydroxyl groups is 1. The van der Waals surface area contributed by atoms with Crippen LogP contribution < -0.4 is 4.74 Å². The molecule has 0 saturated carbocycles. The number of rotatable bonds is 2. The summed E-state index contributed by atoms with van der Waals surface area (Å²) in [6, 6.07) is 2.43. The summed E-state index contributed by atoms with van der Waals surface area (Å²) in [7, 11) is 1.18. The molecule has 0 fully saturated rings. The van der Waals surface area contributed by atoms with Crippen LogP contribution in [0.4, 0.5) is 13.2 Å². The first-order chi connectivity index (χ1) is 9.51. The Labute approximate surface area is 115 Å². The highest BCUT2D eigenvalue weighted by molar-refractivity contribution is 5.93. The van der Waals surface area contributed by atoms with Gasteiger partial charge in [-0.2, -0.15) is 4.39 Å². The molecule has 1 N–H and O–H groups in total. The van der Waals surface area contributed by atoms with Crippen molar-refractivity contribution in [2.45, 2.75) is 27.2 Å². The average Bonchev–Trinajstić information content (AvgIpc) is 2.47. The molecule has 0 aliphatic heterocycles. The third kappa shape index (κ3) is 2.53. The molecule has 0 aliphatic rings. The van der Waals surface area contributed by atoms with Gasteiger partial charge in [0.25, 0.3) is 0 Å². The number of halogens is 3. The molecule has 0 aromatic heterocycles. The molecule has 2 rings (SSSR count). The number of phenols is 1. The lowest BCUT2D eigenvalue weighted by molar-refractivity contribution is 0.367. The van der Waals surface area contributed by atoms with Gasteiger partial charge in [-0.25, -0.2) is 8.78 Å². The quantitative estimate of drug-likeness (QED) is 0.820. The van der Waals surface area contributed by atoms with Gasteiger partial charge in [0.2, 0.25) is 5.82 Å².